The van der Waals surface area contributed by atoms with E-state index in [-0.39, 0.29) is 17.7 Å². The van der Waals surface area contributed by atoms with Crippen LogP contribution in [0.3, 0.4) is 0 Å². The van der Waals surface area contributed by atoms with E-state index in [0.717, 1.165) is 6.42 Å². The van der Waals surface area contributed by atoms with E-state index in [1.54, 1.807) is 12.1 Å². The zero-order valence-corrected chi connectivity index (χ0v) is 16.6. The van der Waals surface area contributed by atoms with E-state index < -0.39 is 11.9 Å². The molecule has 4 nitrogen and oxygen atoms in total. The lowest BCUT2D eigenvalue weighted by Crippen LogP contribution is -2.11. The SMILES string of the molecule is CCCCCCCCCCC/C=C/CCOC(=O)c1ccccc1C(=O)O. The number of unbranched alkanes of at least 4 members (excludes halogenated alkanes) is 9. The van der Waals surface area contributed by atoms with Gasteiger partial charge in [0.1, 0.15) is 0 Å². The Morgan fingerprint density at radius 2 is 1.41 bits per heavy atom. The lowest BCUT2D eigenvalue weighted by molar-refractivity contribution is 0.0500. The molecule has 0 aromatic heterocycles. The van der Waals surface area contributed by atoms with Gasteiger partial charge in [-0.15, -0.1) is 0 Å². The second-order valence-electron chi connectivity index (χ2n) is 6.86. The number of benzene rings is 1. The van der Waals surface area contributed by atoms with Crippen LogP contribution in [0.5, 0.6) is 0 Å². The maximum Gasteiger partial charge on any atom is 0.339 e. The number of allylic oxidation sites excluding steroid dienone is 1. The Labute approximate surface area is 163 Å². The van der Waals surface area contributed by atoms with Crippen molar-refractivity contribution in [3.05, 3.63) is 47.5 Å². The quantitative estimate of drug-likeness (QED) is 0.219. The van der Waals surface area contributed by atoms with Crippen molar-refractivity contribution < 1.29 is 19.4 Å². The summed E-state index contributed by atoms with van der Waals surface area (Å²) in [5, 5.41) is 9.09. The Kier molecular flexibility index (Phi) is 12.7. The van der Waals surface area contributed by atoms with Crippen LogP contribution < -0.4 is 0 Å². The second-order valence-corrected chi connectivity index (χ2v) is 6.86. The minimum atomic E-state index is -1.12. The van der Waals surface area contributed by atoms with Gasteiger partial charge in [0.2, 0.25) is 0 Å². The third-order valence-electron chi connectivity index (χ3n) is 4.54. The zero-order valence-electron chi connectivity index (χ0n) is 16.6. The first-order valence-electron chi connectivity index (χ1n) is 10.3. The molecule has 1 aromatic carbocycles. The number of carbonyl (C=O) groups excluding carboxylic acids is 1. The maximum absolute atomic E-state index is 12.0. The molecule has 27 heavy (non-hydrogen) atoms. The van der Waals surface area contributed by atoms with Gasteiger partial charge in [0.25, 0.3) is 0 Å². The van der Waals surface area contributed by atoms with Gasteiger partial charge in [0, 0.05) is 0 Å². The predicted molar refractivity (Wildman–Crippen MR) is 109 cm³/mol. The molecular weight excluding hydrogens is 340 g/mol. The number of hydrogen-bond acceptors (Lipinski definition) is 3. The summed E-state index contributed by atoms with van der Waals surface area (Å²) < 4.78 is 5.17. The standard InChI is InChI=1S/C23H34O4/c1-2-3-4-5-6-7-8-9-10-11-12-13-16-19-27-23(26)21-18-15-14-17-20(21)22(24)25/h12-15,17-18H,2-11,16,19H2,1H3,(H,24,25)/b13-12+. The van der Waals surface area contributed by atoms with Crippen LogP contribution in [0.2, 0.25) is 0 Å². The molecule has 0 radical (unpaired) electrons. The fourth-order valence-corrected chi connectivity index (χ4v) is 2.95. The van der Waals surface area contributed by atoms with Crippen molar-refractivity contribution in [3.8, 4) is 0 Å². The minimum Gasteiger partial charge on any atom is -0.478 e. The molecule has 0 fully saturated rings. The first kappa shape index (κ1) is 22.9. The van der Waals surface area contributed by atoms with Gasteiger partial charge in [-0.1, -0.05) is 82.6 Å². The highest BCUT2D eigenvalue weighted by molar-refractivity contribution is 6.02. The molecule has 0 amide bonds. The average molecular weight is 375 g/mol. The second kappa shape index (κ2) is 15.0. The van der Waals surface area contributed by atoms with Crippen molar-refractivity contribution in [2.45, 2.75) is 77.6 Å². The van der Waals surface area contributed by atoms with Crippen LogP contribution >= 0.6 is 0 Å². The van der Waals surface area contributed by atoms with Gasteiger partial charge in [0.15, 0.2) is 0 Å². The smallest absolute Gasteiger partial charge is 0.339 e. The first-order chi connectivity index (χ1) is 13.2. The number of aromatic carboxylic acids is 1. The molecule has 0 saturated heterocycles. The summed E-state index contributed by atoms with van der Waals surface area (Å²) in [6.45, 7) is 2.51. The Hall–Kier alpha value is -2.10. The van der Waals surface area contributed by atoms with Crippen LogP contribution in [-0.2, 0) is 4.74 Å². The third kappa shape index (κ3) is 10.6. The molecule has 0 heterocycles. The van der Waals surface area contributed by atoms with Crippen molar-refractivity contribution in [2.24, 2.45) is 0 Å². The Bertz CT molecular complexity index is 577. The van der Waals surface area contributed by atoms with Gasteiger partial charge in [0.05, 0.1) is 17.7 Å². The largest absolute Gasteiger partial charge is 0.478 e. The molecule has 1 aromatic rings. The molecular formula is C23H34O4. The molecule has 0 aliphatic rings. The van der Waals surface area contributed by atoms with Crippen LogP contribution in [0.15, 0.2) is 36.4 Å². The lowest BCUT2D eigenvalue weighted by atomic mass is 10.1. The van der Waals surface area contributed by atoms with E-state index >= 15 is 0 Å². The maximum atomic E-state index is 12.0. The van der Waals surface area contributed by atoms with Crippen molar-refractivity contribution in [1.82, 2.24) is 0 Å². The fourth-order valence-electron chi connectivity index (χ4n) is 2.95. The fraction of sp³-hybridized carbons (Fsp3) is 0.565. The molecule has 1 rings (SSSR count). The van der Waals surface area contributed by atoms with Crippen LogP contribution in [-0.4, -0.2) is 23.7 Å². The highest BCUT2D eigenvalue weighted by Gasteiger charge is 2.16. The summed E-state index contributed by atoms with van der Waals surface area (Å²) in [6.07, 6.45) is 17.8. The summed E-state index contributed by atoms with van der Waals surface area (Å²) in [4.78, 5) is 23.1. The van der Waals surface area contributed by atoms with Crippen molar-refractivity contribution >= 4 is 11.9 Å². The summed E-state index contributed by atoms with van der Waals surface area (Å²) in [6, 6.07) is 6.11. The highest BCUT2D eigenvalue weighted by atomic mass is 16.5. The van der Waals surface area contributed by atoms with Gasteiger partial charge in [-0.3, -0.25) is 0 Å². The van der Waals surface area contributed by atoms with Crippen LogP contribution in [0.4, 0.5) is 0 Å². The number of carboxylic acid groups (broad SMARTS) is 1. The van der Waals surface area contributed by atoms with E-state index in [9.17, 15) is 9.59 Å². The summed E-state index contributed by atoms with van der Waals surface area (Å²) in [7, 11) is 0. The summed E-state index contributed by atoms with van der Waals surface area (Å²) in [5.41, 5.74) is 0.0760. The highest BCUT2D eigenvalue weighted by Crippen LogP contribution is 2.12. The molecule has 0 aliphatic carbocycles. The molecule has 1 N–H and O–H groups in total. The number of esters is 1. The van der Waals surface area contributed by atoms with Gasteiger partial charge >= 0.3 is 11.9 Å². The van der Waals surface area contributed by atoms with Gasteiger partial charge in [-0.25, -0.2) is 9.59 Å². The molecule has 0 aliphatic heterocycles. The van der Waals surface area contributed by atoms with E-state index in [0.29, 0.717) is 6.42 Å². The third-order valence-corrected chi connectivity index (χ3v) is 4.54. The molecule has 0 atom stereocenters. The summed E-state index contributed by atoms with van der Waals surface area (Å²) >= 11 is 0. The van der Waals surface area contributed by atoms with E-state index in [1.165, 1.54) is 69.9 Å². The van der Waals surface area contributed by atoms with Crippen LogP contribution in [0.1, 0.15) is 98.3 Å². The average Bonchev–Trinajstić information content (AvgIpc) is 2.68. The van der Waals surface area contributed by atoms with Crippen LogP contribution in [0.25, 0.3) is 0 Å². The zero-order chi connectivity index (χ0) is 19.7. The molecule has 0 bridgehead atoms. The first-order valence-corrected chi connectivity index (χ1v) is 10.3. The number of rotatable bonds is 15. The Morgan fingerprint density at radius 1 is 0.852 bits per heavy atom. The van der Waals surface area contributed by atoms with E-state index in [2.05, 4.69) is 13.0 Å². The van der Waals surface area contributed by atoms with E-state index in [1.807, 2.05) is 6.08 Å². The van der Waals surface area contributed by atoms with Gasteiger partial charge < -0.3 is 9.84 Å². The topological polar surface area (TPSA) is 63.6 Å². The van der Waals surface area contributed by atoms with Gasteiger partial charge in [-0.05, 0) is 31.4 Å². The number of hydrogen-bond donors (Lipinski definition) is 1. The molecule has 150 valence electrons. The Balaban J connectivity index is 2.05. The predicted octanol–water partition coefficient (Wildman–Crippen LogP) is 6.41. The number of ether oxygens (including phenoxy) is 1. The Morgan fingerprint density at radius 3 is 2.04 bits per heavy atom. The summed E-state index contributed by atoms with van der Waals surface area (Å²) in [5.74, 6) is -1.70. The lowest BCUT2D eigenvalue weighted by Gasteiger charge is -2.05. The van der Waals surface area contributed by atoms with Crippen molar-refractivity contribution in [2.75, 3.05) is 6.61 Å². The van der Waals surface area contributed by atoms with Crippen molar-refractivity contribution in [3.63, 3.8) is 0 Å². The van der Waals surface area contributed by atoms with Gasteiger partial charge in [-0.2, -0.15) is 0 Å². The minimum absolute atomic E-state index is 0.0246. The monoisotopic (exact) mass is 374 g/mol. The molecule has 4 heteroatoms. The van der Waals surface area contributed by atoms with Crippen LogP contribution in [0, 0.1) is 0 Å². The molecule has 0 spiro atoms. The number of carbonyl (C=O) groups is 2. The van der Waals surface area contributed by atoms with Crippen molar-refractivity contribution in [1.29, 1.82) is 0 Å². The molecule has 0 saturated carbocycles. The molecule has 0 unspecified atom stereocenters. The number of carboxylic acids is 1. The normalized spacial score (nSPS) is 11.0. The van der Waals surface area contributed by atoms with E-state index in [4.69, 9.17) is 9.84 Å².